The number of benzene rings is 2. The van der Waals surface area contributed by atoms with Crippen LogP contribution < -0.4 is 15.2 Å². The Hall–Kier alpha value is -4.05. The van der Waals surface area contributed by atoms with Gasteiger partial charge in [0.15, 0.2) is 0 Å². The molecule has 0 amide bonds. The van der Waals surface area contributed by atoms with E-state index in [2.05, 4.69) is 38.7 Å². The highest BCUT2D eigenvalue weighted by molar-refractivity contribution is 5.63. The van der Waals surface area contributed by atoms with Crippen molar-refractivity contribution in [3.05, 3.63) is 89.0 Å². The van der Waals surface area contributed by atoms with Crippen LogP contribution >= 0.6 is 0 Å². The Morgan fingerprint density at radius 3 is 2.43 bits per heavy atom. The number of likely N-dealkylation sites (N-methyl/N-ethyl adjacent to an activating group) is 1. The SMILES string of the molecule is CN1CCN(c2cccc(Cn3cc(-c4nc(-c5ccc(OC(F)(F)F)cc5)co4)ccc3=O)c2)CC1. The van der Waals surface area contributed by atoms with Crippen molar-refractivity contribution in [1.82, 2.24) is 14.5 Å². The van der Waals surface area contributed by atoms with Gasteiger partial charge in [0.05, 0.1) is 12.1 Å². The summed E-state index contributed by atoms with van der Waals surface area (Å²) >= 11 is 0. The minimum Gasteiger partial charge on any atom is -0.444 e. The molecular formula is C27H25F3N4O3. The molecule has 4 aromatic rings. The molecule has 0 N–H and O–H groups in total. The highest BCUT2D eigenvalue weighted by Crippen LogP contribution is 2.28. The molecule has 2 aromatic heterocycles. The maximum atomic E-state index is 12.6. The zero-order valence-corrected chi connectivity index (χ0v) is 20.1. The van der Waals surface area contributed by atoms with Crippen molar-refractivity contribution >= 4 is 5.69 Å². The number of hydrogen-bond acceptors (Lipinski definition) is 6. The number of rotatable bonds is 6. The molecule has 1 saturated heterocycles. The Kier molecular flexibility index (Phi) is 6.75. The van der Waals surface area contributed by atoms with Crippen LogP contribution in [-0.4, -0.2) is 54.0 Å². The first-order chi connectivity index (χ1) is 17.7. The van der Waals surface area contributed by atoms with Crippen molar-refractivity contribution in [3.63, 3.8) is 0 Å². The van der Waals surface area contributed by atoms with Crippen LogP contribution in [0.15, 0.2) is 82.3 Å². The van der Waals surface area contributed by atoms with E-state index in [1.807, 2.05) is 12.1 Å². The Labute approximate surface area is 211 Å². The minimum absolute atomic E-state index is 0.152. The van der Waals surface area contributed by atoms with Gasteiger partial charge >= 0.3 is 6.36 Å². The lowest BCUT2D eigenvalue weighted by Crippen LogP contribution is -2.44. The van der Waals surface area contributed by atoms with E-state index in [0.29, 0.717) is 29.3 Å². The van der Waals surface area contributed by atoms with Gasteiger partial charge in [-0.05, 0) is 55.1 Å². The smallest absolute Gasteiger partial charge is 0.444 e. The molecule has 0 atom stereocenters. The van der Waals surface area contributed by atoms with Gasteiger partial charge in [0.1, 0.15) is 17.7 Å². The van der Waals surface area contributed by atoms with Gasteiger partial charge in [-0.15, -0.1) is 13.2 Å². The summed E-state index contributed by atoms with van der Waals surface area (Å²) in [5, 5.41) is 0. The van der Waals surface area contributed by atoms with E-state index >= 15 is 0 Å². The van der Waals surface area contributed by atoms with Gasteiger partial charge in [-0.1, -0.05) is 12.1 Å². The van der Waals surface area contributed by atoms with Crippen molar-refractivity contribution in [2.75, 3.05) is 38.1 Å². The van der Waals surface area contributed by atoms with Gasteiger partial charge in [-0.2, -0.15) is 0 Å². The van der Waals surface area contributed by atoms with Crippen molar-refractivity contribution in [3.8, 4) is 28.5 Å². The first kappa shape index (κ1) is 24.6. The third kappa shape index (κ3) is 6.03. The maximum Gasteiger partial charge on any atom is 0.573 e. The van der Waals surface area contributed by atoms with Gasteiger partial charge in [0.2, 0.25) is 5.89 Å². The van der Waals surface area contributed by atoms with Gasteiger partial charge < -0.3 is 23.5 Å². The molecule has 10 heteroatoms. The summed E-state index contributed by atoms with van der Waals surface area (Å²) in [6, 6.07) is 16.7. The maximum absolute atomic E-state index is 12.6. The quantitative estimate of drug-likeness (QED) is 0.369. The molecule has 5 rings (SSSR count). The number of halogens is 3. The monoisotopic (exact) mass is 510 g/mol. The fourth-order valence-electron chi connectivity index (χ4n) is 4.26. The molecule has 0 bridgehead atoms. The lowest BCUT2D eigenvalue weighted by Gasteiger charge is -2.34. The number of oxazole rings is 1. The first-order valence-electron chi connectivity index (χ1n) is 11.8. The number of pyridine rings is 1. The number of anilines is 1. The van der Waals surface area contributed by atoms with Crippen molar-refractivity contribution < 1.29 is 22.3 Å². The van der Waals surface area contributed by atoms with E-state index in [0.717, 1.165) is 37.4 Å². The summed E-state index contributed by atoms with van der Waals surface area (Å²) in [6.45, 7) is 4.33. The molecule has 0 spiro atoms. The summed E-state index contributed by atoms with van der Waals surface area (Å²) < 4.78 is 48.3. The summed E-state index contributed by atoms with van der Waals surface area (Å²) in [6.07, 6.45) is -1.64. The number of hydrogen-bond donors (Lipinski definition) is 0. The van der Waals surface area contributed by atoms with Gasteiger partial charge in [-0.25, -0.2) is 4.98 Å². The molecule has 0 aliphatic carbocycles. The average molecular weight is 511 g/mol. The number of nitrogens with zero attached hydrogens (tertiary/aromatic N) is 4. The van der Waals surface area contributed by atoms with E-state index in [4.69, 9.17) is 4.42 Å². The minimum atomic E-state index is -4.75. The fourth-order valence-corrected chi connectivity index (χ4v) is 4.26. The van der Waals surface area contributed by atoms with Crippen LogP contribution in [0.5, 0.6) is 5.75 Å². The fraction of sp³-hybridized carbons (Fsp3) is 0.259. The van der Waals surface area contributed by atoms with E-state index in [9.17, 15) is 18.0 Å². The van der Waals surface area contributed by atoms with Crippen LogP contribution in [0, 0.1) is 0 Å². The molecular weight excluding hydrogens is 485 g/mol. The summed E-state index contributed by atoms with van der Waals surface area (Å²) in [5.41, 5.74) is 3.62. The van der Waals surface area contributed by atoms with E-state index in [-0.39, 0.29) is 11.3 Å². The van der Waals surface area contributed by atoms with Gasteiger partial charge in [0.25, 0.3) is 5.56 Å². The molecule has 3 heterocycles. The molecule has 37 heavy (non-hydrogen) atoms. The Balaban J connectivity index is 1.33. The third-order valence-electron chi connectivity index (χ3n) is 6.25. The molecule has 2 aromatic carbocycles. The third-order valence-corrected chi connectivity index (χ3v) is 6.25. The standard InChI is InChI=1S/C27H25F3N4O3/c1-32-11-13-33(14-12-32)22-4-2-3-19(15-22)16-34-17-21(7-10-25(34)35)26-31-24(18-36-26)20-5-8-23(9-6-20)37-27(28,29)30/h2-10,15,17-18H,11-14,16H2,1H3. The number of piperazine rings is 1. The van der Waals surface area contributed by atoms with Crippen LogP contribution in [0.3, 0.4) is 0 Å². The molecule has 0 saturated carbocycles. The van der Waals surface area contributed by atoms with Crippen molar-refractivity contribution in [1.29, 1.82) is 0 Å². The molecule has 0 radical (unpaired) electrons. The van der Waals surface area contributed by atoms with E-state index in [1.54, 1.807) is 16.8 Å². The van der Waals surface area contributed by atoms with E-state index in [1.165, 1.54) is 36.6 Å². The Bertz CT molecular complexity index is 1420. The predicted molar refractivity (Wildman–Crippen MR) is 134 cm³/mol. The summed E-state index contributed by atoms with van der Waals surface area (Å²) in [5.74, 6) is -0.0192. The van der Waals surface area contributed by atoms with Crippen LogP contribution in [0.25, 0.3) is 22.7 Å². The summed E-state index contributed by atoms with van der Waals surface area (Å²) in [4.78, 5) is 21.7. The van der Waals surface area contributed by atoms with E-state index < -0.39 is 6.36 Å². The normalized spacial score (nSPS) is 14.6. The number of ether oxygens (including phenoxy) is 1. The lowest BCUT2D eigenvalue weighted by atomic mass is 10.1. The van der Waals surface area contributed by atoms with Gasteiger partial charge in [0, 0.05) is 49.7 Å². The summed E-state index contributed by atoms with van der Waals surface area (Å²) in [7, 11) is 2.12. The molecule has 1 aliphatic rings. The largest absolute Gasteiger partial charge is 0.573 e. The molecule has 0 unspecified atom stereocenters. The topological polar surface area (TPSA) is 63.7 Å². The first-order valence-corrected chi connectivity index (χ1v) is 11.8. The van der Waals surface area contributed by atoms with Crippen molar-refractivity contribution in [2.24, 2.45) is 0 Å². The zero-order chi connectivity index (χ0) is 26.0. The molecule has 1 aliphatic heterocycles. The zero-order valence-electron chi connectivity index (χ0n) is 20.1. The second-order valence-corrected chi connectivity index (χ2v) is 8.95. The Morgan fingerprint density at radius 1 is 0.973 bits per heavy atom. The second kappa shape index (κ2) is 10.1. The number of alkyl halides is 3. The van der Waals surface area contributed by atoms with Crippen LogP contribution in [-0.2, 0) is 6.54 Å². The van der Waals surface area contributed by atoms with Crippen LogP contribution in [0.4, 0.5) is 18.9 Å². The number of aromatic nitrogens is 2. The molecule has 1 fully saturated rings. The lowest BCUT2D eigenvalue weighted by molar-refractivity contribution is -0.274. The van der Waals surface area contributed by atoms with Crippen LogP contribution in [0.2, 0.25) is 0 Å². The highest BCUT2D eigenvalue weighted by atomic mass is 19.4. The predicted octanol–water partition coefficient (Wildman–Crippen LogP) is 4.87. The van der Waals surface area contributed by atoms with Gasteiger partial charge in [-0.3, -0.25) is 4.79 Å². The van der Waals surface area contributed by atoms with Crippen LogP contribution in [0.1, 0.15) is 5.56 Å². The van der Waals surface area contributed by atoms with Crippen molar-refractivity contribution in [2.45, 2.75) is 12.9 Å². The Morgan fingerprint density at radius 2 is 1.70 bits per heavy atom. The molecule has 192 valence electrons. The highest BCUT2D eigenvalue weighted by Gasteiger charge is 2.31. The molecule has 7 nitrogen and oxygen atoms in total. The average Bonchev–Trinajstić information content (AvgIpc) is 3.36. The second-order valence-electron chi connectivity index (χ2n) is 8.95.